The van der Waals surface area contributed by atoms with E-state index in [0.29, 0.717) is 50.5 Å². The fourth-order valence-corrected chi connectivity index (χ4v) is 6.34. The van der Waals surface area contributed by atoms with Crippen LogP contribution in [-0.2, 0) is 0 Å². The van der Waals surface area contributed by atoms with Crippen LogP contribution in [0.15, 0.2) is 172 Å². The van der Waals surface area contributed by atoms with Crippen LogP contribution in [0.3, 0.4) is 0 Å². The van der Waals surface area contributed by atoms with Gasteiger partial charge in [0, 0.05) is 43.8 Å². The van der Waals surface area contributed by atoms with Gasteiger partial charge in [-0.1, -0.05) is 121 Å². The lowest BCUT2D eigenvalue weighted by Gasteiger charge is -2.08. The number of benzene rings is 7. The summed E-state index contributed by atoms with van der Waals surface area (Å²) in [6.07, 6.45) is 0. The maximum atomic E-state index is 8.84. The highest BCUT2D eigenvalue weighted by Gasteiger charge is 2.18. The summed E-state index contributed by atoms with van der Waals surface area (Å²) >= 11 is 0. The summed E-state index contributed by atoms with van der Waals surface area (Å²) in [5.41, 5.74) is 3.93. The van der Waals surface area contributed by atoms with Crippen LogP contribution in [-0.4, -0.2) is 15.0 Å². The molecule has 0 saturated heterocycles. The van der Waals surface area contributed by atoms with Gasteiger partial charge in [0.2, 0.25) is 0 Å². The van der Waals surface area contributed by atoms with Gasteiger partial charge in [-0.15, -0.1) is 0 Å². The third-order valence-electron chi connectivity index (χ3n) is 8.69. The lowest BCUT2D eigenvalue weighted by molar-refractivity contribution is 0.669. The molecule has 0 saturated carbocycles. The molecule has 10 rings (SSSR count). The van der Waals surface area contributed by atoms with Crippen molar-refractivity contribution in [3.63, 3.8) is 0 Å². The highest BCUT2D eigenvalue weighted by molar-refractivity contribution is 6.12. The number of nitrogens with zero attached hydrogens (tertiary/aromatic N) is 3. The van der Waals surface area contributed by atoms with E-state index in [1.54, 1.807) is 24.3 Å². The van der Waals surface area contributed by atoms with Gasteiger partial charge in [-0.25, -0.2) is 15.0 Å². The first-order valence-electron chi connectivity index (χ1n) is 20.8. The summed E-state index contributed by atoms with van der Waals surface area (Å²) in [6, 6.07) is 26.3. The first-order chi connectivity index (χ1) is 28.9. The van der Waals surface area contributed by atoms with Crippen molar-refractivity contribution >= 4 is 43.9 Å². The molecular weight excluding hydrogens is 615 g/mol. The molecule has 0 N–H and O–H groups in total. The third-order valence-corrected chi connectivity index (χ3v) is 8.69. The number of para-hydroxylation sites is 1. The molecular formula is C45H27N3O2. The number of hydrogen-bond donors (Lipinski definition) is 0. The minimum absolute atomic E-state index is 0.0823. The fraction of sp³-hybridized carbons (Fsp3) is 0. The van der Waals surface area contributed by atoms with Crippen LogP contribution in [0.5, 0.6) is 0 Å². The summed E-state index contributed by atoms with van der Waals surface area (Å²) in [5, 5.41) is 2.92. The Labute approximate surface area is 301 Å². The predicted octanol–water partition coefficient (Wildman–Crippen LogP) is 12.0. The largest absolute Gasteiger partial charge is 0.456 e. The van der Waals surface area contributed by atoms with Crippen molar-refractivity contribution in [3.8, 4) is 56.4 Å². The van der Waals surface area contributed by atoms with Gasteiger partial charge in [-0.2, -0.15) is 0 Å². The number of furan rings is 2. The van der Waals surface area contributed by atoms with E-state index in [-0.39, 0.29) is 27.8 Å². The van der Waals surface area contributed by atoms with Gasteiger partial charge >= 0.3 is 0 Å². The molecule has 0 unspecified atom stereocenters. The molecule has 50 heavy (non-hydrogen) atoms. The van der Waals surface area contributed by atoms with E-state index in [4.69, 9.17) is 37.5 Å². The van der Waals surface area contributed by atoms with Gasteiger partial charge in [0.15, 0.2) is 17.5 Å². The molecule has 5 nitrogen and oxygen atoms in total. The van der Waals surface area contributed by atoms with Crippen molar-refractivity contribution < 1.29 is 22.5 Å². The maximum absolute atomic E-state index is 8.84. The van der Waals surface area contributed by atoms with Crippen molar-refractivity contribution in [2.45, 2.75) is 0 Å². The first kappa shape index (κ1) is 19.8. The minimum atomic E-state index is -0.579. The summed E-state index contributed by atoms with van der Waals surface area (Å²) in [4.78, 5) is 14.7. The van der Waals surface area contributed by atoms with Gasteiger partial charge in [0.25, 0.3) is 0 Å². The van der Waals surface area contributed by atoms with E-state index in [9.17, 15) is 0 Å². The zero-order valence-corrected chi connectivity index (χ0v) is 26.0. The molecule has 0 atom stereocenters. The van der Waals surface area contributed by atoms with Crippen molar-refractivity contribution in [1.29, 1.82) is 0 Å². The number of fused-ring (bicyclic) bond motifs is 6. The Morgan fingerprint density at radius 1 is 0.380 bits per heavy atom. The molecule has 3 aromatic heterocycles. The van der Waals surface area contributed by atoms with Crippen LogP contribution < -0.4 is 0 Å². The summed E-state index contributed by atoms with van der Waals surface area (Å²) in [7, 11) is 0. The van der Waals surface area contributed by atoms with Gasteiger partial charge in [0.05, 0.1) is 13.7 Å². The number of aromatic nitrogens is 3. The average molecular weight is 652 g/mol. The molecule has 0 radical (unpaired) electrons. The van der Waals surface area contributed by atoms with Crippen molar-refractivity contribution in [2.24, 2.45) is 0 Å². The van der Waals surface area contributed by atoms with E-state index in [1.165, 1.54) is 6.07 Å². The Kier molecular flexibility index (Phi) is 4.52. The molecule has 0 spiro atoms. The van der Waals surface area contributed by atoms with Crippen LogP contribution in [0.25, 0.3) is 100 Å². The molecule has 0 fully saturated rings. The van der Waals surface area contributed by atoms with Crippen LogP contribution in [0.2, 0.25) is 0 Å². The molecule has 10 aromatic rings. The molecule has 234 valence electrons. The van der Waals surface area contributed by atoms with Crippen LogP contribution >= 0.6 is 0 Å². The Morgan fingerprint density at radius 2 is 0.940 bits per heavy atom. The van der Waals surface area contributed by atoms with E-state index in [2.05, 4.69) is 0 Å². The van der Waals surface area contributed by atoms with Gasteiger partial charge in [0.1, 0.15) is 22.3 Å². The zero-order valence-electron chi connectivity index (χ0n) is 36.0. The molecule has 5 heteroatoms. The lowest BCUT2D eigenvalue weighted by atomic mass is 9.95. The topological polar surface area (TPSA) is 65.0 Å². The smallest absolute Gasteiger partial charge is 0.164 e. The van der Waals surface area contributed by atoms with Crippen LogP contribution in [0, 0.1) is 0 Å². The van der Waals surface area contributed by atoms with Crippen molar-refractivity contribution in [1.82, 2.24) is 15.0 Å². The molecule has 0 aliphatic heterocycles. The zero-order chi connectivity index (χ0) is 41.7. The normalized spacial score (nSPS) is 14.4. The monoisotopic (exact) mass is 651 g/mol. The van der Waals surface area contributed by atoms with Gasteiger partial charge in [-0.05, 0) is 59.2 Å². The molecule has 7 aromatic carbocycles. The molecule has 0 aliphatic rings. The highest BCUT2D eigenvalue weighted by atomic mass is 16.3. The van der Waals surface area contributed by atoms with E-state index >= 15 is 0 Å². The van der Waals surface area contributed by atoms with E-state index in [1.807, 2.05) is 72.8 Å². The Morgan fingerprint density at radius 3 is 1.64 bits per heavy atom. The number of hydrogen-bond acceptors (Lipinski definition) is 5. The Balaban J connectivity index is 1.21. The fourth-order valence-electron chi connectivity index (χ4n) is 6.34. The minimum Gasteiger partial charge on any atom is -0.456 e. The summed E-state index contributed by atoms with van der Waals surface area (Å²) < 4.78 is 97.7. The first-order valence-corrected chi connectivity index (χ1v) is 15.8. The van der Waals surface area contributed by atoms with Gasteiger partial charge < -0.3 is 8.83 Å². The lowest BCUT2D eigenvalue weighted by Crippen LogP contribution is -2.00. The van der Waals surface area contributed by atoms with E-state index in [0.717, 1.165) is 21.9 Å². The molecule has 0 aliphatic carbocycles. The second-order valence-corrected chi connectivity index (χ2v) is 11.7. The molecule has 3 heterocycles. The molecule has 0 amide bonds. The van der Waals surface area contributed by atoms with E-state index < -0.39 is 60.4 Å². The third kappa shape index (κ3) is 4.75. The molecule has 0 bridgehead atoms. The van der Waals surface area contributed by atoms with Crippen LogP contribution in [0.4, 0.5) is 0 Å². The second-order valence-electron chi connectivity index (χ2n) is 11.7. The Bertz CT molecular complexity index is 3400. The summed E-state index contributed by atoms with van der Waals surface area (Å²) in [5.74, 6) is 1.16. The SMILES string of the molecule is [2H]c1c([2H])c([2H])c(-c2cc(-c3c([2H])c([2H])c([2H])c([2H])c3[2H])c3oc4cc(-c5nc(-c6ccccc6)nc(-c6ccc7c(c6)oc6ccccc67)n5)ccc4c3c2)c([2H])c1[2H]. The van der Waals surface area contributed by atoms with Crippen LogP contribution in [0.1, 0.15) is 13.7 Å². The average Bonchev–Trinajstić information content (AvgIpc) is 3.84. The highest BCUT2D eigenvalue weighted by Crippen LogP contribution is 2.41. The predicted molar refractivity (Wildman–Crippen MR) is 202 cm³/mol. The number of rotatable bonds is 5. The Hall–Kier alpha value is -6.85. The quantitative estimate of drug-likeness (QED) is 0.185. The van der Waals surface area contributed by atoms with Crippen molar-refractivity contribution in [2.75, 3.05) is 0 Å². The standard InChI is InChI=1S/C45H27N3O2/c1-4-12-28(13-5-1)33-24-37(29-14-6-2-7-15-29)42-38(25-33)36-23-21-32(27-41(36)50-42)45-47-43(30-16-8-3-9-17-30)46-44(48-45)31-20-22-35-34-18-10-11-19-39(34)49-40(35)26-31/h1-27H/i1D,2D,4D,5D,6D,7D,12D,13D,14D,15D. The second kappa shape index (κ2) is 11.4. The van der Waals surface area contributed by atoms with Gasteiger partial charge in [-0.3, -0.25) is 0 Å². The van der Waals surface area contributed by atoms with Crippen molar-refractivity contribution in [3.05, 3.63) is 164 Å². The summed E-state index contributed by atoms with van der Waals surface area (Å²) in [6.45, 7) is 0. The maximum Gasteiger partial charge on any atom is 0.164 e.